The second-order valence-corrected chi connectivity index (χ2v) is 4.46. The Morgan fingerprint density at radius 1 is 1.17 bits per heavy atom. The summed E-state index contributed by atoms with van der Waals surface area (Å²) in [6.07, 6.45) is 0. The van der Waals surface area contributed by atoms with Crippen molar-refractivity contribution in [2.24, 2.45) is 5.92 Å². The molecule has 5 nitrogen and oxygen atoms in total. The van der Waals surface area contributed by atoms with E-state index in [-0.39, 0.29) is 11.6 Å². The van der Waals surface area contributed by atoms with Gasteiger partial charge in [0.25, 0.3) is 0 Å². The van der Waals surface area contributed by atoms with Crippen LogP contribution in [0, 0.1) is 5.92 Å². The van der Waals surface area contributed by atoms with E-state index >= 15 is 0 Å². The van der Waals surface area contributed by atoms with Gasteiger partial charge in [0.05, 0.1) is 5.56 Å². The molecule has 0 unspecified atom stereocenters. The zero-order valence-electron chi connectivity index (χ0n) is 10.6. The second-order valence-electron chi connectivity index (χ2n) is 4.46. The molecule has 18 heavy (non-hydrogen) atoms. The molecule has 0 spiro atoms. The number of carbonyl (C=O) groups excluding carboxylic acids is 1. The first-order valence-electron chi connectivity index (χ1n) is 5.83. The molecule has 1 aromatic carbocycles. The van der Waals surface area contributed by atoms with Crippen LogP contribution in [0.5, 0.6) is 0 Å². The number of aromatic carboxylic acids is 1. The fraction of sp³-hybridized carbons (Fsp3) is 0.385. The van der Waals surface area contributed by atoms with Crippen LogP contribution < -0.4 is 10.6 Å². The maximum absolute atomic E-state index is 11.4. The van der Waals surface area contributed by atoms with E-state index in [0.29, 0.717) is 19.0 Å². The van der Waals surface area contributed by atoms with E-state index in [1.54, 1.807) is 12.1 Å². The van der Waals surface area contributed by atoms with Gasteiger partial charge in [-0.05, 0) is 23.6 Å². The zero-order chi connectivity index (χ0) is 13.5. The third-order valence-corrected chi connectivity index (χ3v) is 2.32. The van der Waals surface area contributed by atoms with E-state index in [2.05, 4.69) is 10.6 Å². The smallest absolute Gasteiger partial charge is 0.335 e. The van der Waals surface area contributed by atoms with Gasteiger partial charge in [-0.3, -0.25) is 0 Å². The van der Waals surface area contributed by atoms with Crippen molar-refractivity contribution in [2.45, 2.75) is 20.4 Å². The number of urea groups is 1. The van der Waals surface area contributed by atoms with Gasteiger partial charge in [-0.15, -0.1) is 0 Å². The number of benzene rings is 1. The molecule has 5 heteroatoms. The molecule has 0 aromatic heterocycles. The summed E-state index contributed by atoms with van der Waals surface area (Å²) in [5, 5.41) is 14.2. The first-order valence-corrected chi connectivity index (χ1v) is 5.83. The number of hydrogen-bond donors (Lipinski definition) is 3. The molecule has 3 N–H and O–H groups in total. The van der Waals surface area contributed by atoms with Gasteiger partial charge in [-0.2, -0.15) is 0 Å². The number of carbonyl (C=O) groups is 2. The minimum Gasteiger partial charge on any atom is -0.478 e. The van der Waals surface area contributed by atoms with E-state index in [1.807, 2.05) is 13.8 Å². The Bertz CT molecular complexity index is 413. The monoisotopic (exact) mass is 250 g/mol. The second kappa shape index (κ2) is 6.64. The first kappa shape index (κ1) is 14.0. The van der Waals surface area contributed by atoms with Crippen molar-refractivity contribution in [3.63, 3.8) is 0 Å². The largest absolute Gasteiger partial charge is 0.478 e. The minimum atomic E-state index is -0.954. The van der Waals surface area contributed by atoms with Crippen LogP contribution in [-0.4, -0.2) is 23.7 Å². The van der Waals surface area contributed by atoms with Crippen LogP contribution in [0.25, 0.3) is 0 Å². The van der Waals surface area contributed by atoms with Crippen LogP contribution in [0.1, 0.15) is 29.8 Å². The van der Waals surface area contributed by atoms with Gasteiger partial charge in [0.1, 0.15) is 0 Å². The summed E-state index contributed by atoms with van der Waals surface area (Å²) in [4.78, 5) is 22.0. The average molecular weight is 250 g/mol. The molecule has 0 aliphatic heterocycles. The lowest BCUT2D eigenvalue weighted by molar-refractivity contribution is 0.0697. The van der Waals surface area contributed by atoms with Crippen molar-refractivity contribution in [3.05, 3.63) is 35.4 Å². The molecule has 0 aliphatic rings. The molecule has 0 saturated carbocycles. The topological polar surface area (TPSA) is 78.4 Å². The van der Waals surface area contributed by atoms with Crippen molar-refractivity contribution in [2.75, 3.05) is 6.54 Å². The van der Waals surface area contributed by atoms with Gasteiger partial charge in [-0.1, -0.05) is 26.0 Å². The lowest BCUT2D eigenvalue weighted by Crippen LogP contribution is -2.36. The summed E-state index contributed by atoms with van der Waals surface area (Å²) in [5.41, 5.74) is 1.10. The van der Waals surface area contributed by atoms with Crippen molar-refractivity contribution in [3.8, 4) is 0 Å². The summed E-state index contributed by atoms with van der Waals surface area (Å²) in [6, 6.07) is 6.20. The Morgan fingerprint density at radius 2 is 1.78 bits per heavy atom. The predicted octanol–water partition coefficient (Wildman–Crippen LogP) is 1.84. The van der Waals surface area contributed by atoms with Crippen molar-refractivity contribution in [1.29, 1.82) is 0 Å². The Hall–Kier alpha value is -2.04. The third-order valence-electron chi connectivity index (χ3n) is 2.32. The highest BCUT2D eigenvalue weighted by Crippen LogP contribution is 2.04. The molecule has 0 saturated heterocycles. The van der Waals surface area contributed by atoms with E-state index < -0.39 is 5.97 Å². The van der Waals surface area contributed by atoms with Crippen LogP contribution in [-0.2, 0) is 6.54 Å². The SMILES string of the molecule is CC(C)CNC(=O)NCc1ccc(C(=O)O)cc1. The summed E-state index contributed by atoms with van der Waals surface area (Å²) in [7, 11) is 0. The van der Waals surface area contributed by atoms with Crippen LogP contribution in [0.2, 0.25) is 0 Å². The predicted molar refractivity (Wildman–Crippen MR) is 68.5 cm³/mol. The molecule has 98 valence electrons. The molecule has 1 aromatic rings. The summed E-state index contributed by atoms with van der Waals surface area (Å²) >= 11 is 0. The van der Waals surface area contributed by atoms with Crippen LogP contribution in [0.3, 0.4) is 0 Å². The van der Waals surface area contributed by atoms with Gasteiger partial charge in [0.2, 0.25) is 0 Å². The molecule has 0 heterocycles. The number of carboxylic acid groups (broad SMARTS) is 1. The van der Waals surface area contributed by atoms with Crippen molar-refractivity contribution < 1.29 is 14.7 Å². The number of hydrogen-bond acceptors (Lipinski definition) is 2. The zero-order valence-corrected chi connectivity index (χ0v) is 10.6. The normalized spacial score (nSPS) is 10.2. The molecule has 2 amide bonds. The molecular formula is C13H18N2O3. The third kappa shape index (κ3) is 4.86. The van der Waals surface area contributed by atoms with Gasteiger partial charge < -0.3 is 15.7 Å². The van der Waals surface area contributed by atoms with Crippen molar-refractivity contribution in [1.82, 2.24) is 10.6 Å². The van der Waals surface area contributed by atoms with Crippen LogP contribution in [0.4, 0.5) is 4.79 Å². The van der Waals surface area contributed by atoms with E-state index in [0.717, 1.165) is 5.56 Å². The lowest BCUT2D eigenvalue weighted by Gasteiger charge is -2.09. The lowest BCUT2D eigenvalue weighted by atomic mass is 10.1. The Labute approximate surface area is 106 Å². The van der Waals surface area contributed by atoms with Crippen molar-refractivity contribution >= 4 is 12.0 Å². The van der Waals surface area contributed by atoms with E-state index in [9.17, 15) is 9.59 Å². The van der Waals surface area contributed by atoms with Crippen LogP contribution >= 0.6 is 0 Å². The Balaban J connectivity index is 2.39. The maximum atomic E-state index is 11.4. The summed E-state index contributed by atoms with van der Waals surface area (Å²) in [6.45, 7) is 5.05. The molecule has 0 fully saturated rings. The Kier molecular flexibility index (Phi) is 5.17. The molecule has 0 bridgehead atoms. The standard InChI is InChI=1S/C13H18N2O3/c1-9(2)7-14-13(18)15-8-10-3-5-11(6-4-10)12(16)17/h3-6,9H,7-8H2,1-2H3,(H,16,17)(H2,14,15,18). The molecule has 0 atom stereocenters. The van der Waals surface area contributed by atoms with Gasteiger partial charge >= 0.3 is 12.0 Å². The van der Waals surface area contributed by atoms with Gasteiger partial charge in [0.15, 0.2) is 0 Å². The summed E-state index contributed by atoms with van der Waals surface area (Å²) < 4.78 is 0. The maximum Gasteiger partial charge on any atom is 0.335 e. The summed E-state index contributed by atoms with van der Waals surface area (Å²) in [5.74, 6) is -0.546. The van der Waals surface area contributed by atoms with Crippen LogP contribution in [0.15, 0.2) is 24.3 Å². The van der Waals surface area contributed by atoms with E-state index in [4.69, 9.17) is 5.11 Å². The highest BCUT2D eigenvalue weighted by molar-refractivity contribution is 5.87. The quantitative estimate of drug-likeness (QED) is 0.746. The van der Waals surface area contributed by atoms with Gasteiger partial charge in [0, 0.05) is 13.1 Å². The highest BCUT2D eigenvalue weighted by Gasteiger charge is 2.03. The first-order chi connectivity index (χ1) is 8.49. The number of rotatable bonds is 5. The molecule has 0 aliphatic carbocycles. The highest BCUT2D eigenvalue weighted by atomic mass is 16.4. The molecule has 0 radical (unpaired) electrons. The fourth-order valence-electron chi connectivity index (χ4n) is 1.31. The Morgan fingerprint density at radius 3 is 2.28 bits per heavy atom. The van der Waals surface area contributed by atoms with Gasteiger partial charge in [-0.25, -0.2) is 9.59 Å². The number of carboxylic acids is 1. The molecular weight excluding hydrogens is 232 g/mol. The average Bonchev–Trinajstić information content (AvgIpc) is 2.34. The molecule has 1 rings (SSSR count). The van der Waals surface area contributed by atoms with E-state index in [1.165, 1.54) is 12.1 Å². The number of nitrogens with one attached hydrogen (secondary N) is 2. The fourth-order valence-corrected chi connectivity index (χ4v) is 1.31. The number of amides is 2. The minimum absolute atomic E-state index is 0.217.